The van der Waals surface area contributed by atoms with E-state index in [1.165, 1.54) is 6.42 Å². The summed E-state index contributed by atoms with van der Waals surface area (Å²) in [5, 5.41) is 0. The Balaban J connectivity index is 2.42. The Morgan fingerprint density at radius 1 is 1.57 bits per heavy atom. The van der Waals surface area contributed by atoms with E-state index in [0.29, 0.717) is 0 Å². The molecule has 1 aliphatic rings. The maximum absolute atomic E-state index is 3.24. The highest BCUT2D eigenvalue weighted by molar-refractivity contribution is 4.91. The van der Waals surface area contributed by atoms with Crippen molar-refractivity contribution in [3.05, 3.63) is 12.2 Å². The van der Waals surface area contributed by atoms with Gasteiger partial charge in [-0.05, 0) is 24.3 Å². The summed E-state index contributed by atoms with van der Waals surface area (Å²) < 4.78 is 0. The third-order valence-corrected chi connectivity index (χ3v) is 1.39. The first-order valence-electron chi connectivity index (χ1n) is 2.88. The summed E-state index contributed by atoms with van der Waals surface area (Å²) in [6.07, 6.45) is 6.72. The van der Waals surface area contributed by atoms with Gasteiger partial charge >= 0.3 is 0 Å². The molecule has 39 valence electrons. The molecule has 7 heavy (non-hydrogen) atoms. The zero-order valence-corrected chi connectivity index (χ0v) is 4.94. The molecule has 0 amide bonds. The van der Waals surface area contributed by atoms with Crippen molar-refractivity contribution in [2.75, 3.05) is 0 Å². The Morgan fingerprint density at radius 2 is 2.29 bits per heavy atom. The summed E-state index contributed by atoms with van der Waals surface area (Å²) in [6.45, 7) is 4.44. The summed E-state index contributed by atoms with van der Waals surface area (Å²) >= 11 is 0. The zero-order chi connectivity index (χ0) is 5.28. The maximum atomic E-state index is 3.24. The van der Waals surface area contributed by atoms with Gasteiger partial charge in [0.05, 0.1) is 0 Å². The van der Waals surface area contributed by atoms with Gasteiger partial charge in [0.2, 0.25) is 0 Å². The second kappa shape index (κ2) is 1.69. The Bertz CT molecular complexity index is 72.0. The monoisotopic (exact) mass is 95.1 g/mol. The van der Waals surface area contributed by atoms with Crippen molar-refractivity contribution in [3.8, 4) is 0 Å². The molecule has 0 N–H and O–H groups in total. The van der Waals surface area contributed by atoms with Crippen LogP contribution in [0.3, 0.4) is 0 Å². The van der Waals surface area contributed by atoms with Gasteiger partial charge in [0, 0.05) is 0 Å². The first kappa shape index (κ1) is 4.89. The van der Waals surface area contributed by atoms with E-state index in [1.54, 1.807) is 0 Å². The lowest BCUT2D eigenvalue weighted by molar-refractivity contribution is 0.584. The van der Waals surface area contributed by atoms with Crippen molar-refractivity contribution in [1.82, 2.24) is 0 Å². The van der Waals surface area contributed by atoms with Crippen LogP contribution in [0.4, 0.5) is 0 Å². The molecule has 0 nitrogen and oxygen atoms in total. The number of hydrogen-bond acceptors (Lipinski definition) is 0. The summed E-state index contributed by atoms with van der Waals surface area (Å²) in [7, 11) is 0. The first-order valence-corrected chi connectivity index (χ1v) is 2.88. The lowest BCUT2D eigenvalue weighted by Gasteiger charge is -1.97. The lowest BCUT2D eigenvalue weighted by Crippen LogP contribution is -1.86. The SMILES string of the molecule is CC1[C]=CC(C)C1. The highest BCUT2D eigenvalue weighted by atomic mass is 14.1. The molecule has 1 aliphatic carbocycles. The molecule has 2 atom stereocenters. The molecule has 2 unspecified atom stereocenters. The quantitative estimate of drug-likeness (QED) is 0.432. The predicted octanol–water partition coefficient (Wildman–Crippen LogP) is 2.02. The minimum atomic E-state index is 0.718. The van der Waals surface area contributed by atoms with Gasteiger partial charge in [0.1, 0.15) is 0 Å². The molecule has 0 bridgehead atoms. The average Bonchev–Trinajstić information content (AvgIpc) is 1.87. The summed E-state index contributed by atoms with van der Waals surface area (Å²) in [4.78, 5) is 0. The summed E-state index contributed by atoms with van der Waals surface area (Å²) in [5.74, 6) is 1.50. The molecule has 0 fully saturated rings. The van der Waals surface area contributed by atoms with Gasteiger partial charge in [-0.2, -0.15) is 0 Å². The second-order valence-electron chi connectivity index (χ2n) is 2.45. The van der Waals surface area contributed by atoms with Crippen LogP contribution in [-0.4, -0.2) is 0 Å². The molecular formula is C7H11. The molecule has 0 saturated heterocycles. The van der Waals surface area contributed by atoms with Crippen LogP contribution in [0, 0.1) is 17.9 Å². The van der Waals surface area contributed by atoms with E-state index < -0.39 is 0 Å². The minimum absolute atomic E-state index is 0.718. The van der Waals surface area contributed by atoms with E-state index in [-0.39, 0.29) is 0 Å². The van der Waals surface area contributed by atoms with Gasteiger partial charge in [0.25, 0.3) is 0 Å². The number of hydrogen-bond donors (Lipinski definition) is 0. The van der Waals surface area contributed by atoms with Gasteiger partial charge in [-0.1, -0.05) is 19.9 Å². The van der Waals surface area contributed by atoms with Gasteiger partial charge in [0.15, 0.2) is 0 Å². The topological polar surface area (TPSA) is 0 Å². The lowest BCUT2D eigenvalue weighted by atomic mass is 10.1. The highest BCUT2D eigenvalue weighted by Gasteiger charge is 2.09. The van der Waals surface area contributed by atoms with E-state index >= 15 is 0 Å². The third-order valence-electron chi connectivity index (χ3n) is 1.39. The molecular weight excluding hydrogens is 84.1 g/mol. The average molecular weight is 95.2 g/mol. The van der Waals surface area contributed by atoms with Crippen LogP contribution < -0.4 is 0 Å². The van der Waals surface area contributed by atoms with Crippen LogP contribution in [0.15, 0.2) is 6.08 Å². The fourth-order valence-corrected chi connectivity index (χ4v) is 1.02. The van der Waals surface area contributed by atoms with Crippen molar-refractivity contribution >= 4 is 0 Å². The standard InChI is InChI=1S/C7H11/c1-6-3-4-7(2)5-6/h3,6-7H,5H2,1-2H3. The molecule has 1 rings (SSSR count). The smallest absolute Gasteiger partial charge is 0.0185 e. The van der Waals surface area contributed by atoms with Crippen LogP contribution in [0.2, 0.25) is 0 Å². The fourth-order valence-electron chi connectivity index (χ4n) is 1.02. The normalized spacial score (nSPS) is 39.7. The molecule has 0 heterocycles. The zero-order valence-electron chi connectivity index (χ0n) is 4.94. The molecule has 0 heteroatoms. The van der Waals surface area contributed by atoms with Gasteiger partial charge in [-0.3, -0.25) is 0 Å². The van der Waals surface area contributed by atoms with E-state index in [1.807, 2.05) is 0 Å². The van der Waals surface area contributed by atoms with Crippen molar-refractivity contribution in [3.63, 3.8) is 0 Å². The van der Waals surface area contributed by atoms with Crippen LogP contribution >= 0.6 is 0 Å². The molecule has 0 aliphatic heterocycles. The predicted molar refractivity (Wildman–Crippen MR) is 30.8 cm³/mol. The highest BCUT2D eigenvalue weighted by Crippen LogP contribution is 2.20. The van der Waals surface area contributed by atoms with Gasteiger partial charge in [-0.15, -0.1) is 0 Å². The third kappa shape index (κ3) is 1.05. The second-order valence-corrected chi connectivity index (χ2v) is 2.45. The molecule has 0 saturated carbocycles. The van der Waals surface area contributed by atoms with Crippen molar-refractivity contribution in [2.45, 2.75) is 20.3 Å². The molecule has 1 radical (unpaired) electrons. The Morgan fingerprint density at radius 3 is 2.43 bits per heavy atom. The van der Waals surface area contributed by atoms with Gasteiger partial charge in [-0.25, -0.2) is 0 Å². The fraction of sp³-hybridized carbons (Fsp3) is 0.714. The van der Waals surface area contributed by atoms with E-state index in [2.05, 4.69) is 26.0 Å². The van der Waals surface area contributed by atoms with Crippen molar-refractivity contribution < 1.29 is 0 Å². The molecule has 0 aromatic carbocycles. The van der Waals surface area contributed by atoms with Crippen LogP contribution in [0.25, 0.3) is 0 Å². The largest absolute Gasteiger partial charge is 0.0779 e. The van der Waals surface area contributed by atoms with Crippen molar-refractivity contribution in [1.29, 1.82) is 0 Å². The van der Waals surface area contributed by atoms with Gasteiger partial charge < -0.3 is 0 Å². The van der Waals surface area contributed by atoms with E-state index in [9.17, 15) is 0 Å². The Hall–Kier alpha value is -0.260. The van der Waals surface area contributed by atoms with Crippen LogP contribution in [0.5, 0.6) is 0 Å². The summed E-state index contributed by atoms with van der Waals surface area (Å²) in [6, 6.07) is 0. The Labute approximate surface area is 45.2 Å². The molecule has 0 aromatic heterocycles. The Kier molecular flexibility index (Phi) is 1.18. The molecule has 0 spiro atoms. The van der Waals surface area contributed by atoms with Crippen molar-refractivity contribution in [2.24, 2.45) is 11.8 Å². The van der Waals surface area contributed by atoms with E-state index in [0.717, 1.165) is 11.8 Å². The maximum Gasteiger partial charge on any atom is -0.0185 e. The number of allylic oxidation sites excluding steroid dienone is 2. The van der Waals surface area contributed by atoms with E-state index in [4.69, 9.17) is 0 Å². The number of rotatable bonds is 0. The van der Waals surface area contributed by atoms with Crippen LogP contribution in [-0.2, 0) is 0 Å². The minimum Gasteiger partial charge on any atom is -0.0779 e. The molecule has 0 aromatic rings. The first-order chi connectivity index (χ1) is 3.29. The van der Waals surface area contributed by atoms with Crippen LogP contribution in [0.1, 0.15) is 20.3 Å². The summed E-state index contributed by atoms with van der Waals surface area (Å²) in [5.41, 5.74) is 0.